The number of phenols is 1. The summed E-state index contributed by atoms with van der Waals surface area (Å²) in [4.78, 5) is 23.8. The summed E-state index contributed by atoms with van der Waals surface area (Å²) in [6.45, 7) is 4.00. The van der Waals surface area contributed by atoms with Gasteiger partial charge in [-0.1, -0.05) is 26.3 Å². The third kappa shape index (κ3) is 2.32. The van der Waals surface area contributed by atoms with Crippen molar-refractivity contribution in [3.05, 3.63) is 28.8 Å². The lowest BCUT2D eigenvalue weighted by Gasteiger charge is -2.60. The molecule has 2 fully saturated rings. The van der Waals surface area contributed by atoms with Crippen molar-refractivity contribution < 1.29 is 19.8 Å². The second kappa shape index (κ2) is 6.13. The first-order chi connectivity index (χ1) is 11.9. The van der Waals surface area contributed by atoms with Gasteiger partial charge in [-0.3, -0.25) is 9.59 Å². The van der Waals surface area contributed by atoms with E-state index >= 15 is 0 Å². The number of hydrogen-bond acceptors (Lipinski definition) is 4. The maximum Gasteiger partial charge on any atom is 0.252 e. The fourth-order valence-electron chi connectivity index (χ4n) is 5.44. The molecule has 2 bridgehead atoms. The minimum Gasteiger partial charge on any atom is -0.507 e. The average Bonchev–Trinajstić information content (AvgIpc) is 2.56. The Hall–Kier alpha value is -1.88. The lowest BCUT2D eigenvalue weighted by atomic mass is 9.46. The van der Waals surface area contributed by atoms with Crippen molar-refractivity contribution in [2.75, 3.05) is 0 Å². The van der Waals surface area contributed by atoms with Crippen molar-refractivity contribution in [1.82, 2.24) is 0 Å². The summed E-state index contributed by atoms with van der Waals surface area (Å²) in [6, 6.07) is 3.38. The number of ketones is 1. The molecule has 4 rings (SSSR count). The van der Waals surface area contributed by atoms with Crippen LogP contribution in [0.5, 0.6) is 5.75 Å². The standard InChI is InChI=1S/C18H21NO4.C2H6/c19-16(22)13-4-3-10-8-11-2-1-6-17(14(10)15(13)21)9-12(20)5-7-18(11,17)23;1-2/h3-4,11,21,23H,1-2,5-9H2,(H2,19,22);1-2H3/t11-,17-,18-;/m1./s1. The van der Waals surface area contributed by atoms with E-state index in [0.29, 0.717) is 31.2 Å². The van der Waals surface area contributed by atoms with Gasteiger partial charge in [0.25, 0.3) is 5.91 Å². The van der Waals surface area contributed by atoms with E-state index < -0.39 is 16.9 Å². The van der Waals surface area contributed by atoms with E-state index in [9.17, 15) is 19.8 Å². The number of fused-ring (bicyclic) bond motifs is 1. The van der Waals surface area contributed by atoms with Gasteiger partial charge < -0.3 is 15.9 Å². The van der Waals surface area contributed by atoms with Gasteiger partial charge in [0, 0.05) is 23.8 Å². The predicted octanol–water partition coefficient (Wildman–Crippen LogP) is 2.60. The van der Waals surface area contributed by atoms with Gasteiger partial charge in [0.2, 0.25) is 0 Å². The van der Waals surface area contributed by atoms with Crippen LogP contribution in [0.1, 0.15) is 73.9 Å². The molecule has 3 aliphatic carbocycles. The van der Waals surface area contributed by atoms with Gasteiger partial charge in [-0.25, -0.2) is 0 Å². The summed E-state index contributed by atoms with van der Waals surface area (Å²) in [5.41, 5.74) is 5.24. The Bertz CT molecular complexity index is 729. The van der Waals surface area contributed by atoms with Crippen LogP contribution < -0.4 is 5.73 Å². The number of nitrogens with two attached hydrogens (primary N) is 1. The maximum absolute atomic E-state index is 12.2. The fourth-order valence-corrected chi connectivity index (χ4v) is 5.44. The van der Waals surface area contributed by atoms with Gasteiger partial charge in [0.05, 0.1) is 11.2 Å². The average molecular weight is 345 g/mol. The van der Waals surface area contributed by atoms with E-state index in [1.54, 1.807) is 6.07 Å². The van der Waals surface area contributed by atoms with E-state index in [1.807, 2.05) is 19.9 Å². The molecule has 0 spiro atoms. The van der Waals surface area contributed by atoms with Crippen molar-refractivity contribution in [3.8, 4) is 5.75 Å². The third-order valence-electron chi connectivity index (χ3n) is 6.42. The normalized spacial score (nSPS) is 32.8. The number of primary amides is 1. The summed E-state index contributed by atoms with van der Waals surface area (Å²) in [7, 11) is 0. The molecule has 1 aromatic carbocycles. The zero-order chi connectivity index (χ0) is 18.4. The summed E-state index contributed by atoms with van der Waals surface area (Å²) < 4.78 is 0. The quantitative estimate of drug-likeness (QED) is 0.728. The van der Waals surface area contributed by atoms with E-state index in [4.69, 9.17) is 5.73 Å². The van der Waals surface area contributed by atoms with Gasteiger partial charge in [-0.05, 0) is 43.2 Å². The first-order valence-electron chi connectivity index (χ1n) is 9.28. The number of carbonyl (C=O) groups excluding carboxylic acids is 2. The monoisotopic (exact) mass is 345 g/mol. The number of Topliss-reactive ketones (excluding diaryl/α,β-unsaturated/α-hetero) is 1. The van der Waals surface area contributed by atoms with Crippen LogP contribution in [-0.2, 0) is 16.6 Å². The zero-order valence-corrected chi connectivity index (χ0v) is 15.0. The van der Waals surface area contributed by atoms with Crippen LogP contribution in [0.3, 0.4) is 0 Å². The number of aliphatic hydroxyl groups is 1. The highest BCUT2D eigenvalue weighted by Crippen LogP contribution is 2.62. The van der Waals surface area contributed by atoms with Crippen molar-refractivity contribution in [3.63, 3.8) is 0 Å². The number of aromatic hydroxyl groups is 1. The number of amides is 1. The van der Waals surface area contributed by atoms with E-state index in [-0.39, 0.29) is 29.4 Å². The number of rotatable bonds is 1. The number of carbonyl (C=O) groups is 2. The lowest BCUT2D eigenvalue weighted by molar-refractivity contribution is -0.160. The smallest absolute Gasteiger partial charge is 0.252 e. The molecule has 1 aromatic rings. The molecule has 5 heteroatoms. The van der Waals surface area contributed by atoms with Crippen LogP contribution in [-0.4, -0.2) is 27.5 Å². The molecule has 5 nitrogen and oxygen atoms in total. The van der Waals surface area contributed by atoms with Gasteiger partial charge >= 0.3 is 0 Å². The van der Waals surface area contributed by atoms with Crippen LogP contribution in [0.2, 0.25) is 0 Å². The maximum atomic E-state index is 12.2. The zero-order valence-electron chi connectivity index (χ0n) is 15.0. The van der Waals surface area contributed by atoms with Crippen LogP contribution in [0.15, 0.2) is 12.1 Å². The SMILES string of the molecule is CC.NC(=O)c1ccc2c(c1O)[C@]13CCC[C@H](C2)[C@]1(O)CCC(=O)C3. The predicted molar refractivity (Wildman–Crippen MR) is 94.5 cm³/mol. The molecule has 25 heavy (non-hydrogen) atoms. The molecule has 3 atom stereocenters. The number of benzene rings is 1. The van der Waals surface area contributed by atoms with Crippen molar-refractivity contribution in [1.29, 1.82) is 0 Å². The second-order valence-corrected chi connectivity index (χ2v) is 7.38. The highest BCUT2D eigenvalue weighted by molar-refractivity contribution is 5.96. The minimum absolute atomic E-state index is 0.0718. The van der Waals surface area contributed by atoms with Crippen molar-refractivity contribution in [2.24, 2.45) is 11.7 Å². The molecular weight excluding hydrogens is 318 g/mol. The van der Waals surface area contributed by atoms with E-state index in [2.05, 4.69) is 0 Å². The lowest BCUT2D eigenvalue weighted by Crippen LogP contribution is -2.64. The Balaban J connectivity index is 0.000000880. The minimum atomic E-state index is -0.972. The van der Waals surface area contributed by atoms with E-state index in [0.717, 1.165) is 18.4 Å². The van der Waals surface area contributed by atoms with Crippen LogP contribution in [0.4, 0.5) is 0 Å². The molecule has 0 radical (unpaired) electrons. The van der Waals surface area contributed by atoms with Gasteiger partial charge in [0.15, 0.2) is 0 Å². The Labute approximate surface area is 148 Å². The molecule has 136 valence electrons. The summed E-state index contributed by atoms with van der Waals surface area (Å²) >= 11 is 0. The topological polar surface area (TPSA) is 101 Å². The number of hydrogen-bond donors (Lipinski definition) is 3. The molecule has 2 saturated carbocycles. The summed E-state index contributed by atoms with van der Waals surface area (Å²) in [5, 5.41) is 22.2. The molecule has 0 heterocycles. The van der Waals surface area contributed by atoms with Gasteiger partial charge in [-0.2, -0.15) is 0 Å². The molecule has 4 N–H and O–H groups in total. The molecule has 0 aromatic heterocycles. The van der Waals surface area contributed by atoms with Crippen molar-refractivity contribution in [2.45, 2.75) is 69.8 Å². The molecule has 0 unspecified atom stereocenters. The molecular formula is C20H27NO4. The summed E-state index contributed by atoms with van der Waals surface area (Å²) in [6.07, 6.45) is 4.26. The largest absolute Gasteiger partial charge is 0.507 e. The second-order valence-electron chi connectivity index (χ2n) is 7.38. The molecule has 0 aliphatic heterocycles. The van der Waals surface area contributed by atoms with Gasteiger partial charge in [0.1, 0.15) is 11.5 Å². The van der Waals surface area contributed by atoms with Crippen LogP contribution >= 0.6 is 0 Å². The Morgan fingerprint density at radius 1 is 1.28 bits per heavy atom. The Morgan fingerprint density at radius 2 is 2.00 bits per heavy atom. The van der Waals surface area contributed by atoms with Crippen LogP contribution in [0.25, 0.3) is 0 Å². The van der Waals surface area contributed by atoms with Crippen molar-refractivity contribution >= 4 is 11.7 Å². The summed E-state index contributed by atoms with van der Waals surface area (Å²) in [5.74, 6) is -0.600. The molecule has 1 amide bonds. The highest BCUT2D eigenvalue weighted by Gasteiger charge is 2.63. The first-order valence-corrected chi connectivity index (χ1v) is 9.28. The Morgan fingerprint density at radius 3 is 2.68 bits per heavy atom. The van der Waals surface area contributed by atoms with Gasteiger partial charge in [-0.15, -0.1) is 0 Å². The molecule has 0 saturated heterocycles. The fraction of sp³-hybridized carbons (Fsp3) is 0.600. The first kappa shape index (κ1) is 17.9. The third-order valence-corrected chi connectivity index (χ3v) is 6.42. The van der Waals surface area contributed by atoms with Crippen LogP contribution in [0, 0.1) is 5.92 Å². The van der Waals surface area contributed by atoms with E-state index in [1.165, 1.54) is 0 Å². The Kier molecular flexibility index (Phi) is 4.40. The molecule has 3 aliphatic rings. The highest BCUT2D eigenvalue weighted by atomic mass is 16.3.